The number of nitrogens with two attached hydrogens (primary N) is 1. The van der Waals surface area contributed by atoms with Crippen molar-refractivity contribution in [1.29, 1.82) is 5.26 Å². The molecule has 0 fully saturated rings. The van der Waals surface area contributed by atoms with Crippen molar-refractivity contribution < 1.29 is 19.1 Å². The van der Waals surface area contributed by atoms with Crippen molar-refractivity contribution in [1.82, 2.24) is 5.43 Å². The number of carbonyl (C=O) groups excluding carboxylic acids is 1. The Hall–Kier alpha value is -3.90. The maximum Gasteiger partial charge on any atom is 0.335 e. The van der Waals surface area contributed by atoms with Gasteiger partial charge in [-0.15, -0.1) is 11.3 Å². The van der Waals surface area contributed by atoms with Crippen LogP contribution < -0.4 is 11.2 Å². The zero-order valence-electron chi connectivity index (χ0n) is 14.6. The van der Waals surface area contributed by atoms with Crippen LogP contribution in [0, 0.1) is 18.3 Å². The average molecular weight is 394 g/mol. The number of hydrogen-bond acceptors (Lipinski definition) is 7. The molecule has 0 atom stereocenters. The number of thiophene rings is 1. The van der Waals surface area contributed by atoms with Gasteiger partial charge in [0.25, 0.3) is 5.91 Å². The van der Waals surface area contributed by atoms with Gasteiger partial charge in [0.05, 0.1) is 17.3 Å². The summed E-state index contributed by atoms with van der Waals surface area (Å²) in [6.45, 7) is 1.65. The third-order valence-electron chi connectivity index (χ3n) is 3.89. The van der Waals surface area contributed by atoms with Crippen LogP contribution in [0.2, 0.25) is 0 Å². The fourth-order valence-electron chi connectivity index (χ4n) is 2.45. The number of carbonyl (C=O) groups is 2. The number of carboxylic acid groups (broad SMARTS) is 1. The first-order valence-corrected chi connectivity index (χ1v) is 8.78. The van der Waals surface area contributed by atoms with E-state index in [1.54, 1.807) is 31.2 Å². The van der Waals surface area contributed by atoms with Crippen molar-refractivity contribution in [2.45, 2.75) is 6.92 Å². The molecule has 1 aromatic carbocycles. The molecule has 4 N–H and O–H groups in total. The molecule has 0 aliphatic rings. The van der Waals surface area contributed by atoms with Crippen LogP contribution in [0.3, 0.4) is 0 Å². The second-order valence-corrected chi connectivity index (χ2v) is 6.74. The molecular formula is C19H14N4O4S. The molecule has 2 aromatic heterocycles. The van der Waals surface area contributed by atoms with E-state index in [2.05, 4.69) is 10.5 Å². The highest BCUT2D eigenvalue weighted by Crippen LogP contribution is 2.29. The highest BCUT2D eigenvalue weighted by Gasteiger charge is 2.18. The van der Waals surface area contributed by atoms with Crippen LogP contribution in [0.5, 0.6) is 0 Å². The highest BCUT2D eigenvalue weighted by atomic mass is 32.1. The number of hydrogen-bond donors (Lipinski definition) is 3. The van der Waals surface area contributed by atoms with Crippen LogP contribution in [0.25, 0.3) is 11.3 Å². The molecule has 0 saturated carbocycles. The maximum absolute atomic E-state index is 12.2. The third kappa shape index (κ3) is 3.77. The first-order valence-electron chi connectivity index (χ1n) is 7.96. The molecule has 0 saturated heterocycles. The van der Waals surface area contributed by atoms with Crippen molar-refractivity contribution >= 4 is 34.4 Å². The molecule has 140 valence electrons. The van der Waals surface area contributed by atoms with E-state index in [0.717, 1.165) is 11.3 Å². The van der Waals surface area contributed by atoms with Gasteiger partial charge in [0.15, 0.2) is 0 Å². The number of carboxylic acids is 1. The number of nitriles is 1. The average Bonchev–Trinajstić information content (AvgIpc) is 3.26. The number of aromatic carboxylic acids is 1. The molecule has 0 aliphatic heterocycles. The van der Waals surface area contributed by atoms with E-state index >= 15 is 0 Å². The van der Waals surface area contributed by atoms with Crippen LogP contribution in [0.4, 0.5) is 5.00 Å². The standard InChI is InChI=1S/C19H14N4O4S/c1-10-14(8-20)17(21)28-16(10)18(24)23-22-9-13-6-7-15(27-13)11-2-4-12(5-3-11)19(25)26/h2-7,9H,21H2,1H3,(H,23,24)(H,25,26)/b22-9-. The summed E-state index contributed by atoms with van der Waals surface area (Å²) in [7, 11) is 0. The Morgan fingerprint density at radius 2 is 2.00 bits per heavy atom. The third-order valence-corrected chi connectivity index (χ3v) is 5.01. The summed E-state index contributed by atoms with van der Waals surface area (Å²) in [5.74, 6) is -0.537. The minimum atomic E-state index is -1.00. The molecule has 0 unspecified atom stereocenters. The highest BCUT2D eigenvalue weighted by molar-refractivity contribution is 7.18. The Labute approximate surface area is 163 Å². The Bertz CT molecular complexity index is 1120. The van der Waals surface area contributed by atoms with Crippen molar-refractivity contribution in [2.75, 3.05) is 5.73 Å². The molecule has 28 heavy (non-hydrogen) atoms. The topological polar surface area (TPSA) is 142 Å². The normalized spacial score (nSPS) is 10.7. The van der Waals surface area contributed by atoms with E-state index in [9.17, 15) is 9.59 Å². The lowest BCUT2D eigenvalue weighted by Gasteiger charge is -1.98. The van der Waals surface area contributed by atoms with Crippen LogP contribution in [-0.4, -0.2) is 23.2 Å². The van der Waals surface area contributed by atoms with Gasteiger partial charge in [-0.25, -0.2) is 10.2 Å². The van der Waals surface area contributed by atoms with E-state index in [0.29, 0.717) is 38.1 Å². The molecule has 3 aromatic rings. The summed E-state index contributed by atoms with van der Waals surface area (Å²) in [5, 5.41) is 22.1. The summed E-state index contributed by atoms with van der Waals surface area (Å²) in [6.07, 6.45) is 1.34. The number of hydrazone groups is 1. The summed E-state index contributed by atoms with van der Waals surface area (Å²) in [6, 6.07) is 11.6. The van der Waals surface area contributed by atoms with Crippen molar-refractivity contribution in [3.63, 3.8) is 0 Å². The van der Waals surface area contributed by atoms with Gasteiger partial charge in [0, 0.05) is 5.56 Å². The van der Waals surface area contributed by atoms with Crippen LogP contribution in [0.1, 0.15) is 36.9 Å². The molecule has 0 radical (unpaired) electrons. The summed E-state index contributed by atoms with van der Waals surface area (Å²) >= 11 is 1.03. The lowest BCUT2D eigenvalue weighted by Crippen LogP contribution is -2.17. The van der Waals surface area contributed by atoms with Gasteiger partial charge in [-0.3, -0.25) is 4.79 Å². The number of nitrogens with one attached hydrogen (secondary N) is 1. The van der Waals surface area contributed by atoms with Gasteiger partial charge < -0.3 is 15.3 Å². The van der Waals surface area contributed by atoms with E-state index in [-0.39, 0.29) is 5.56 Å². The summed E-state index contributed by atoms with van der Waals surface area (Å²) < 4.78 is 5.61. The Morgan fingerprint density at radius 1 is 1.29 bits per heavy atom. The van der Waals surface area contributed by atoms with Gasteiger partial charge in [0.2, 0.25) is 0 Å². The van der Waals surface area contributed by atoms with Crippen LogP contribution in [0.15, 0.2) is 45.9 Å². The van der Waals surface area contributed by atoms with Gasteiger partial charge in [0.1, 0.15) is 27.5 Å². The Morgan fingerprint density at radius 3 is 2.61 bits per heavy atom. The molecule has 9 heteroatoms. The predicted molar refractivity (Wildman–Crippen MR) is 104 cm³/mol. The number of amides is 1. The Balaban J connectivity index is 1.68. The smallest absolute Gasteiger partial charge is 0.335 e. The van der Waals surface area contributed by atoms with Crippen molar-refractivity contribution in [3.8, 4) is 17.4 Å². The van der Waals surface area contributed by atoms with Crippen LogP contribution in [-0.2, 0) is 0 Å². The molecule has 8 nitrogen and oxygen atoms in total. The Kier molecular flexibility index (Phi) is 5.24. The fourth-order valence-corrected chi connectivity index (χ4v) is 3.37. The zero-order chi connectivity index (χ0) is 20.3. The first kappa shape index (κ1) is 18.9. The monoisotopic (exact) mass is 394 g/mol. The van der Waals surface area contributed by atoms with Gasteiger partial charge >= 0.3 is 5.97 Å². The lowest BCUT2D eigenvalue weighted by atomic mass is 10.1. The second-order valence-electron chi connectivity index (χ2n) is 5.69. The molecule has 0 spiro atoms. The largest absolute Gasteiger partial charge is 0.478 e. The number of nitrogen functional groups attached to an aromatic ring is 1. The van der Waals surface area contributed by atoms with E-state index < -0.39 is 11.9 Å². The molecule has 2 heterocycles. The number of furan rings is 1. The minimum absolute atomic E-state index is 0.184. The molecule has 3 rings (SSSR count). The number of anilines is 1. The number of benzene rings is 1. The van der Waals surface area contributed by atoms with Gasteiger partial charge in [-0.05, 0) is 36.8 Å². The number of rotatable bonds is 5. The summed E-state index contributed by atoms with van der Waals surface area (Å²) in [5.41, 5.74) is 9.80. The zero-order valence-corrected chi connectivity index (χ0v) is 15.4. The van der Waals surface area contributed by atoms with Crippen molar-refractivity contribution in [3.05, 3.63) is 63.7 Å². The van der Waals surface area contributed by atoms with Crippen LogP contribution >= 0.6 is 11.3 Å². The quantitative estimate of drug-likeness (QED) is 0.448. The second kappa shape index (κ2) is 7.77. The lowest BCUT2D eigenvalue weighted by molar-refractivity contribution is 0.0696. The van der Waals surface area contributed by atoms with Gasteiger partial charge in [-0.2, -0.15) is 10.4 Å². The minimum Gasteiger partial charge on any atom is -0.478 e. The summed E-state index contributed by atoms with van der Waals surface area (Å²) in [4.78, 5) is 23.4. The SMILES string of the molecule is Cc1c(C(=O)N/N=C\c2ccc(-c3ccc(C(=O)O)cc3)o2)sc(N)c1C#N. The maximum atomic E-state index is 12.2. The van der Waals surface area contributed by atoms with E-state index in [1.807, 2.05) is 6.07 Å². The van der Waals surface area contributed by atoms with E-state index in [4.69, 9.17) is 20.5 Å². The molecule has 0 aliphatic carbocycles. The molecular weight excluding hydrogens is 380 g/mol. The molecule has 0 bridgehead atoms. The van der Waals surface area contributed by atoms with Gasteiger partial charge in [-0.1, -0.05) is 12.1 Å². The van der Waals surface area contributed by atoms with Crippen molar-refractivity contribution in [2.24, 2.45) is 5.10 Å². The fraction of sp³-hybridized carbons (Fsp3) is 0.0526. The predicted octanol–water partition coefficient (Wildman–Crippen LogP) is 3.23. The first-order chi connectivity index (χ1) is 13.4. The molecule has 1 amide bonds. The van der Waals surface area contributed by atoms with E-state index in [1.165, 1.54) is 18.3 Å². The number of nitrogens with zero attached hydrogens (tertiary/aromatic N) is 2.